The average Bonchev–Trinajstić information content (AvgIpc) is 3.11. The fourth-order valence-corrected chi connectivity index (χ4v) is 5.58. The summed E-state index contributed by atoms with van der Waals surface area (Å²) in [5, 5.41) is 4.07. The predicted octanol–water partition coefficient (Wildman–Crippen LogP) is 4.04. The van der Waals surface area contributed by atoms with Gasteiger partial charge in [0.25, 0.3) is 0 Å². The zero-order valence-electron chi connectivity index (χ0n) is 12.9. The molecule has 2 bridgehead atoms. The van der Waals surface area contributed by atoms with Gasteiger partial charge in [0.05, 0.1) is 12.2 Å². The van der Waals surface area contributed by atoms with Gasteiger partial charge >= 0.3 is 0 Å². The van der Waals surface area contributed by atoms with Crippen LogP contribution in [-0.2, 0) is 4.74 Å². The van der Waals surface area contributed by atoms with Crippen molar-refractivity contribution in [2.75, 3.05) is 0 Å². The molecular weight excluding hydrogens is 246 g/mol. The van der Waals surface area contributed by atoms with Crippen molar-refractivity contribution >= 4 is 0 Å². The van der Waals surface area contributed by atoms with E-state index in [0.717, 1.165) is 17.9 Å². The summed E-state index contributed by atoms with van der Waals surface area (Å²) in [4.78, 5) is 0. The normalized spacial score (nSPS) is 45.9. The molecule has 1 N–H and O–H groups in total. The van der Waals surface area contributed by atoms with Crippen molar-refractivity contribution < 1.29 is 4.74 Å². The number of fused-ring (bicyclic) bond motifs is 2. The van der Waals surface area contributed by atoms with Crippen molar-refractivity contribution in [1.82, 2.24) is 5.32 Å². The van der Waals surface area contributed by atoms with Crippen LogP contribution >= 0.6 is 0 Å². The van der Waals surface area contributed by atoms with Crippen LogP contribution in [0.1, 0.15) is 77.0 Å². The molecule has 2 heterocycles. The Bertz CT molecular complexity index is 325. The van der Waals surface area contributed by atoms with Gasteiger partial charge in [-0.2, -0.15) is 0 Å². The molecule has 4 aliphatic rings. The maximum absolute atomic E-state index is 6.04. The fraction of sp³-hybridized carbons (Fsp3) is 1.00. The first-order chi connectivity index (χ1) is 9.90. The Hall–Kier alpha value is -0.0800. The van der Waals surface area contributed by atoms with Crippen molar-refractivity contribution in [3.05, 3.63) is 0 Å². The first-order valence-electron chi connectivity index (χ1n) is 9.31. The third-order valence-electron chi connectivity index (χ3n) is 6.61. The van der Waals surface area contributed by atoms with Crippen LogP contribution in [0.2, 0.25) is 0 Å². The maximum Gasteiger partial charge on any atom is 0.0733 e. The Morgan fingerprint density at radius 2 is 1.50 bits per heavy atom. The van der Waals surface area contributed by atoms with Gasteiger partial charge < -0.3 is 10.1 Å². The van der Waals surface area contributed by atoms with Crippen molar-refractivity contribution in [3.8, 4) is 0 Å². The highest BCUT2D eigenvalue weighted by Crippen LogP contribution is 2.40. The average molecular weight is 277 g/mol. The highest BCUT2D eigenvalue weighted by Gasteiger charge is 2.43. The van der Waals surface area contributed by atoms with Crippen LogP contribution in [0.3, 0.4) is 0 Å². The van der Waals surface area contributed by atoms with E-state index in [2.05, 4.69) is 5.32 Å². The quantitative estimate of drug-likeness (QED) is 0.841. The molecule has 0 aromatic carbocycles. The third-order valence-corrected chi connectivity index (χ3v) is 6.61. The summed E-state index contributed by atoms with van der Waals surface area (Å²) >= 11 is 0. The van der Waals surface area contributed by atoms with Crippen LogP contribution in [0.25, 0.3) is 0 Å². The second-order valence-corrected chi connectivity index (χ2v) is 7.84. The van der Waals surface area contributed by atoms with Gasteiger partial charge in [-0.15, -0.1) is 0 Å². The molecule has 0 radical (unpaired) electrons. The van der Waals surface area contributed by atoms with Crippen LogP contribution in [0.4, 0.5) is 0 Å². The van der Waals surface area contributed by atoms with E-state index in [-0.39, 0.29) is 0 Å². The minimum Gasteiger partial charge on any atom is -0.373 e. The van der Waals surface area contributed by atoms with E-state index in [0.29, 0.717) is 18.2 Å². The minimum absolute atomic E-state index is 0.550. The molecule has 4 rings (SSSR count). The van der Waals surface area contributed by atoms with Crippen LogP contribution < -0.4 is 5.32 Å². The summed E-state index contributed by atoms with van der Waals surface area (Å²) in [7, 11) is 0. The molecule has 2 heteroatoms. The van der Waals surface area contributed by atoms with Gasteiger partial charge in [-0.3, -0.25) is 0 Å². The molecule has 2 saturated carbocycles. The van der Waals surface area contributed by atoms with Crippen LogP contribution in [0.5, 0.6) is 0 Å². The molecule has 2 aliphatic heterocycles. The number of nitrogens with one attached hydrogen (secondary N) is 1. The Kier molecular flexibility index (Phi) is 4.05. The van der Waals surface area contributed by atoms with E-state index < -0.39 is 0 Å². The smallest absolute Gasteiger partial charge is 0.0733 e. The van der Waals surface area contributed by atoms with Gasteiger partial charge in [0.1, 0.15) is 0 Å². The lowest BCUT2D eigenvalue weighted by Gasteiger charge is -2.41. The molecule has 0 aromatic heterocycles. The molecule has 5 unspecified atom stereocenters. The topological polar surface area (TPSA) is 21.3 Å². The van der Waals surface area contributed by atoms with E-state index in [1.165, 1.54) is 77.0 Å². The lowest BCUT2D eigenvalue weighted by molar-refractivity contribution is 0.0871. The zero-order chi connectivity index (χ0) is 13.4. The fourth-order valence-electron chi connectivity index (χ4n) is 5.58. The molecule has 114 valence electrons. The lowest BCUT2D eigenvalue weighted by atomic mass is 9.70. The van der Waals surface area contributed by atoms with Crippen LogP contribution in [0, 0.1) is 11.8 Å². The highest BCUT2D eigenvalue weighted by atomic mass is 16.5. The number of hydrogen-bond acceptors (Lipinski definition) is 2. The largest absolute Gasteiger partial charge is 0.373 e. The molecule has 20 heavy (non-hydrogen) atoms. The van der Waals surface area contributed by atoms with Gasteiger partial charge in [-0.1, -0.05) is 44.9 Å². The second kappa shape index (κ2) is 5.96. The first kappa shape index (κ1) is 13.6. The number of hydrogen-bond donors (Lipinski definition) is 1. The number of rotatable bonds is 3. The minimum atomic E-state index is 0.550. The highest BCUT2D eigenvalue weighted by molar-refractivity contribution is 4.97. The number of ether oxygens (including phenoxy) is 1. The Morgan fingerprint density at radius 3 is 2.25 bits per heavy atom. The van der Waals surface area contributed by atoms with Crippen LogP contribution in [0.15, 0.2) is 0 Å². The molecule has 0 amide bonds. The van der Waals surface area contributed by atoms with Crippen molar-refractivity contribution in [2.24, 2.45) is 11.8 Å². The molecule has 2 aliphatic carbocycles. The SMILES string of the molecule is C1CCC(C2CCCCC2NC2CC3CCC2O3)CC1. The third kappa shape index (κ3) is 2.66. The molecule has 5 atom stereocenters. The summed E-state index contributed by atoms with van der Waals surface area (Å²) in [5.41, 5.74) is 0. The van der Waals surface area contributed by atoms with Gasteiger partial charge in [0.2, 0.25) is 0 Å². The summed E-state index contributed by atoms with van der Waals surface area (Å²) in [6.45, 7) is 0. The Labute approximate surface area is 124 Å². The monoisotopic (exact) mass is 277 g/mol. The summed E-state index contributed by atoms with van der Waals surface area (Å²) in [6, 6.07) is 1.49. The first-order valence-corrected chi connectivity index (χ1v) is 9.31. The standard InChI is InChI=1S/C18H31NO/c1-2-6-13(7-3-1)15-8-4-5-9-16(15)19-17-12-14-10-11-18(17)20-14/h13-19H,1-12H2. The summed E-state index contributed by atoms with van der Waals surface area (Å²) < 4.78 is 6.04. The molecule has 0 spiro atoms. The summed E-state index contributed by atoms with van der Waals surface area (Å²) in [5.74, 6) is 2.00. The van der Waals surface area contributed by atoms with E-state index in [4.69, 9.17) is 4.74 Å². The molecular formula is C18H31NO. The van der Waals surface area contributed by atoms with E-state index >= 15 is 0 Å². The van der Waals surface area contributed by atoms with Gasteiger partial charge in [-0.25, -0.2) is 0 Å². The van der Waals surface area contributed by atoms with Crippen LogP contribution in [-0.4, -0.2) is 24.3 Å². The molecule has 4 fully saturated rings. The van der Waals surface area contributed by atoms with Gasteiger partial charge in [0, 0.05) is 12.1 Å². The van der Waals surface area contributed by atoms with Gasteiger partial charge in [0.15, 0.2) is 0 Å². The van der Waals surface area contributed by atoms with Crippen molar-refractivity contribution in [3.63, 3.8) is 0 Å². The Balaban J connectivity index is 1.39. The van der Waals surface area contributed by atoms with E-state index in [1.54, 1.807) is 0 Å². The van der Waals surface area contributed by atoms with E-state index in [1.807, 2.05) is 0 Å². The van der Waals surface area contributed by atoms with Crippen molar-refractivity contribution in [2.45, 2.75) is 101 Å². The maximum atomic E-state index is 6.04. The molecule has 2 saturated heterocycles. The van der Waals surface area contributed by atoms with Gasteiger partial charge in [-0.05, 0) is 43.9 Å². The molecule has 0 aromatic rings. The molecule has 2 nitrogen and oxygen atoms in total. The lowest BCUT2D eigenvalue weighted by Crippen LogP contribution is -2.50. The summed E-state index contributed by atoms with van der Waals surface area (Å²) in [6.07, 6.45) is 18.4. The zero-order valence-corrected chi connectivity index (χ0v) is 12.9. The predicted molar refractivity (Wildman–Crippen MR) is 81.8 cm³/mol. The van der Waals surface area contributed by atoms with E-state index in [9.17, 15) is 0 Å². The van der Waals surface area contributed by atoms with Crippen molar-refractivity contribution in [1.29, 1.82) is 0 Å². The second-order valence-electron chi connectivity index (χ2n) is 7.84. The Morgan fingerprint density at radius 1 is 0.700 bits per heavy atom.